The van der Waals surface area contributed by atoms with Gasteiger partial charge in [0.25, 0.3) is 0 Å². The van der Waals surface area contributed by atoms with Gasteiger partial charge in [0.2, 0.25) is 5.91 Å². The first-order chi connectivity index (χ1) is 11.0. The Bertz CT molecular complexity index is 704. The topological polar surface area (TPSA) is 47.6 Å². The number of halogens is 2. The number of carbonyl (C=O) groups excluding carboxylic acids is 1. The first-order valence-corrected chi connectivity index (χ1v) is 6.99. The van der Waals surface area contributed by atoms with Gasteiger partial charge in [0, 0.05) is 12.5 Å². The first kappa shape index (κ1) is 16.7. The largest absolute Gasteiger partial charge is 0.494 e. The molecule has 0 aromatic heterocycles. The van der Waals surface area contributed by atoms with E-state index in [2.05, 4.69) is 5.32 Å². The van der Waals surface area contributed by atoms with Gasteiger partial charge >= 0.3 is 0 Å². The maximum absolute atomic E-state index is 13.6. The quantitative estimate of drug-likeness (QED) is 0.885. The summed E-state index contributed by atoms with van der Waals surface area (Å²) in [6, 6.07) is 8.41. The van der Waals surface area contributed by atoms with Crippen LogP contribution in [0.4, 0.5) is 14.5 Å². The van der Waals surface area contributed by atoms with Gasteiger partial charge in [0.15, 0.2) is 11.6 Å². The molecule has 0 fully saturated rings. The van der Waals surface area contributed by atoms with Gasteiger partial charge in [0.05, 0.1) is 19.9 Å². The van der Waals surface area contributed by atoms with Crippen molar-refractivity contribution in [3.63, 3.8) is 0 Å². The molecule has 1 N–H and O–H groups in total. The predicted molar refractivity (Wildman–Crippen MR) is 82.9 cm³/mol. The van der Waals surface area contributed by atoms with E-state index in [1.54, 1.807) is 6.07 Å². The molecule has 0 aliphatic rings. The Morgan fingerprint density at radius 1 is 1.04 bits per heavy atom. The second kappa shape index (κ2) is 7.58. The molecule has 0 atom stereocenters. The minimum absolute atomic E-state index is 0.159. The highest BCUT2D eigenvalue weighted by molar-refractivity contribution is 5.92. The number of carbonyl (C=O) groups is 1. The minimum atomic E-state index is -0.467. The van der Waals surface area contributed by atoms with Crippen LogP contribution in [0, 0.1) is 11.6 Å². The fourth-order valence-electron chi connectivity index (χ4n) is 2.10. The van der Waals surface area contributed by atoms with Crippen molar-refractivity contribution in [1.82, 2.24) is 0 Å². The van der Waals surface area contributed by atoms with E-state index in [1.807, 2.05) is 0 Å². The number of benzene rings is 2. The van der Waals surface area contributed by atoms with Crippen LogP contribution in [0.3, 0.4) is 0 Å². The van der Waals surface area contributed by atoms with Crippen LogP contribution in [0.1, 0.15) is 12.0 Å². The molecule has 0 aliphatic carbocycles. The normalized spacial score (nSPS) is 10.3. The van der Waals surface area contributed by atoms with E-state index >= 15 is 0 Å². The Balaban J connectivity index is 1.96. The van der Waals surface area contributed by atoms with Crippen LogP contribution in [0.2, 0.25) is 0 Å². The minimum Gasteiger partial charge on any atom is -0.494 e. The van der Waals surface area contributed by atoms with E-state index in [0.29, 0.717) is 17.7 Å². The summed E-state index contributed by atoms with van der Waals surface area (Å²) < 4.78 is 36.5. The molecule has 0 bridgehead atoms. The maximum atomic E-state index is 13.6. The van der Waals surface area contributed by atoms with Crippen LogP contribution in [-0.4, -0.2) is 20.1 Å². The third-order valence-corrected chi connectivity index (χ3v) is 3.29. The summed E-state index contributed by atoms with van der Waals surface area (Å²) in [4.78, 5) is 12.0. The van der Waals surface area contributed by atoms with Crippen LogP contribution in [0.5, 0.6) is 11.5 Å². The Hall–Kier alpha value is -2.63. The Morgan fingerprint density at radius 2 is 1.78 bits per heavy atom. The molecule has 0 saturated carbocycles. The maximum Gasteiger partial charge on any atom is 0.224 e. The van der Waals surface area contributed by atoms with E-state index < -0.39 is 11.6 Å². The van der Waals surface area contributed by atoms with Gasteiger partial charge in [-0.3, -0.25) is 4.79 Å². The van der Waals surface area contributed by atoms with Crippen molar-refractivity contribution in [3.05, 3.63) is 53.6 Å². The first-order valence-electron chi connectivity index (χ1n) is 6.99. The molecule has 0 aliphatic heterocycles. The molecule has 0 saturated heterocycles. The van der Waals surface area contributed by atoms with E-state index in [0.717, 1.165) is 0 Å². The van der Waals surface area contributed by atoms with Crippen molar-refractivity contribution >= 4 is 11.6 Å². The Morgan fingerprint density at radius 3 is 2.43 bits per heavy atom. The lowest BCUT2D eigenvalue weighted by atomic mass is 10.1. The summed E-state index contributed by atoms with van der Waals surface area (Å²) in [7, 11) is 2.78. The van der Waals surface area contributed by atoms with Gasteiger partial charge in [-0.25, -0.2) is 8.78 Å². The summed E-state index contributed by atoms with van der Waals surface area (Å²) >= 11 is 0. The molecular weight excluding hydrogens is 304 g/mol. The highest BCUT2D eigenvalue weighted by Crippen LogP contribution is 2.25. The number of hydrogen-bond acceptors (Lipinski definition) is 3. The van der Waals surface area contributed by atoms with E-state index in [9.17, 15) is 13.6 Å². The Labute approximate surface area is 133 Å². The number of rotatable bonds is 6. The fourth-order valence-corrected chi connectivity index (χ4v) is 2.10. The predicted octanol–water partition coefficient (Wildman–Crippen LogP) is 3.55. The SMILES string of the molecule is COc1ccc(CCC(=O)Nc2ccc(F)cc2OC)cc1F. The molecule has 122 valence electrons. The fraction of sp³-hybridized carbons (Fsp3) is 0.235. The smallest absolute Gasteiger partial charge is 0.224 e. The molecule has 0 heterocycles. The van der Waals surface area contributed by atoms with E-state index in [1.165, 1.54) is 44.6 Å². The molecule has 0 spiro atoms. The lowest BCUT2D eigenvalue weighted by molar-refractivity contribution is -0.116. The molecule has 23 heavy (non-hydrogen) atoms. The zero-order valence-electron chi connectivity index (χ0n) is 12.9. The summed E-state index contributed by atoms with van der Waals surface area (Å²) in [5, 5.41) is 2.65. The van der Waals surface area contributed by atoms with Gasteiger partial charge in [-0.2, -0.15) is 0 Å². The van der Waals surface area contributed by atoms with Crippen LogP contribution >= 0.6 is 0 Å². The molecule has 2 rings (SSSR count). The molecule has 1 amide bonds. The van der Waals surface area contributed by atoms with E-state index in [4.69, 9.17) is 9.47 Å². The third kappa shape index (κ3) is 4.42. The van der Waals surface area contributed by atoms with Gasteiger partial charge < -0.3 is 14.8 Å². The Kier molecular flexibility index (Phi) is 5.51. The summed E-state index contributed by atoms with van der Waals surface area (Å²) in [5.41, 5.74) is 1.07. The second-order valence-electron chi connectivity index (χ2n) is 4.86. The van der Waals surface area contributed by atoms with Gasteiger partial charge in [-0.15, -0.1) is 0 Å². The lowest BCUT2D eigenvalue weighted by Crippen LogP contribution is -2.13. The number of anilines is 1. The summed E-state index contributed by atoms with van der Waals surface area (Å²) in [5.74, 6) is -0.784. The molecule has 2 aromatic carbocycles. The number of amides is 1. The van der Waals surface area contributed by atoms with Crippen molar-refractivity contribution in [2.75, 3.05) is 19.5 Å². The zero-order valence-corrected chi connectivity index (χ0v) is 12.9. The standard InChI is InChI=1S/C17H17F2NO3/c1-22-15-7-3-11(9-13(15)19)4-8-17(21)20-14-6-5-12(18)10-16(14)23-2/h3,5-7,9-10H,4,8H2,1-2H3,(H,20,21). The highest BCUT2D eigenvalue weighted by Gasteiger charge is 2.10. The zero-order chi connectivity index (χ0) is 16.8. The molecular formula is C17H17F2NO3. The molecule has 2 aromatic rings. The number of hydrogen-bond donors (Lipinski definition) is 1. The third-order valence-electron chi connectivity index (χ3n) is 3.29. The molecule has 6 heteroatoms. The molecule has 4 nitrogen and oxygen atoms in total. The molecule has 0 unspecified atom stereocenters. The average Bonchev–Trinajstić information content (AvgIpc) is 2.54. The van der Waals surface area contributed by atoms with Crippen molar-refractivity contribution in [2.24, 2.45) is 0 Å². The van der Waals surface area contributed by atoms with Crippen molar-refractivity contribution in [3.8, 4) is 11.5 Å². The summed E-state index contributed by atoms with van der Waals surface area (Å²) in [6.07, 6.45) is 0.530. The average molecular weight is 321 g/mol. The lowest BCUT2D eigenvalue weighted by Gasteiger charge is -2.10. The van der Waals surface area contributed by atoms with E-state index in [-0.39, 0.29) is 23.8 Å². The highest BCUT2D eigenvalue weighted by atomic mass is 19.1. The van der Waals surface area contributed by atoms with Crippen LogP contribution in [0.25, 0.3) is 0 Å². The van der Waals surface area contributed by atoms with Gasteiger partial charge in [0.1, 0.15) is 11.6 Å². The van der Waals surface area contributed by atoms with Crippen LogP contribution in [0.15, 0.2) is 36.4 Å². The number of ether oxygens (including phenoxy) is 2. The van der Waals surface area contributed by atoms with Crippen molar-refractivity contribution in [2.45, 2.75) is 12.8 Å². The number of aryl methyl sites for hydroxylation is 1. The van der Waals surface area contributed by atoms with Crippen LogP contribution in [-0.2, 0) is 11.2 Å². The molecule has 0 radical (unpaired) electrons. The monoisotopic (exact) mass is 321 g/mol. The van der Waals surface area contributed by atoms with Crippen molar-refractivity contribution < 1.29 is 23.0 Å². The van der Waals surface area contributed by atoms with Crippen molar-refractivity contribution in [1.29, 1.82) is 0 Å². The summed E-state index contributed by atoms with van der Waals surface area (Å²) in [6.45, 7) is 0. The second-order valence-corrected chi connectivity index (χ2v) is 4.86. The van der Waals surface area contributed by atoms with Crippen LogP contribution < -0.4 is 14.8 Å². The number of nitrogens with one attached hydrogen (secondary N) is 1. The van der Waals surface area contributed by atoms with Gasteiger partial charge in [-0.1, -0.05) is 6.07 Å². The number of methoxy groups -OCH3 is 2. The van der Waals surface area contributed by atoms with Gasteiger partial charge in [-0.05, 0) is 36.2 Å².